The minimum absolute atomic E-state index is 0.00598. The van der Waals surface area contributed by atoms with Crippen molar-refractivity contribution in [3.63, 3.8) is 0 Å². The molecule has 1 saturated carbocycles. The fourth-order valence-corrected chi connectivity index (χ4v) is 4.16. The van der Waals surface area contributed by atoms with Crippen molar-refractivity contribution in [3.8, 4) is 0 Å². The predicted octanol–water partition coefficient (Wildman–Crippen LogP) is 3.36. The fraction of sp³-hybridized carbons (Fsp3) is 0.895. The zero-order chi connectivity index (χ0) is 16.7. The Labute approximate surface area is 141 Å². The van der Waals surface area contributed by atoms with Gasteiger partial charge >= 0.3 is 0 Å². The number of hydrogen-bond donors (Lipinski definition) is 1. The van der Waals surface area contributed by atoms with E-state index in [1.54, 1.807) is 0 Å². The van der Waals surface area contributed by atoms with E-state index >= 15 is 0 Å². The highest BCUT2D eigenvalue weighted by molar-refractivity contribution is 5.82. The quantitative estimate of drug-likeness (QED) is 0.815. The highest BCUT2D eigenvalue weighted by atomic mass is 16.2. The Hall–Kier alpha value is -1.06. The summed E-state index contributed by atoms with van der Waals surface area (Å²) in [5.74, 6) is 1.47. The normalized spacial score (nSPS) is 28.4. The minimum Gasteiger partial charge on any atom is -0.356 e. The standard InChI is InChI=1S/C19H34N2O2/c1-3-5-7-15-9-11-16(12-10-15)19(23)21-13-6-8-17(14-21)18(22)20-4-2/h15-17H,3-14H2,1-2H3,(H,20,22). The minimum atomic E-state index is -0.00598. The molecule has 4 nitrogen and oxygen atoms in total. The molecule has 1 atom stereocenters. The zero-order valence-electron chi connectivity index (χ0n) is 15.0. The van der Waals surface area contributed by atoms with E-state index in [1.165, 1.54) is 32.1 Å². The molecule has 4 heteroatoms. The first-order valence-electron chi connectivity index (χ1n) is 9.72. The van der Waals surface area contributed by atoms with E-state index in [-0.39, 0.29) is 17.7 Å². The number of carbonyl (C=O) groups excluding carboxylic acids is 2. The van der Waals surface area contributed by atoms with E-state index in [0.29, 0.717) is 19.0 Å². The van der Waals surface area contributed by atoms with Gasteiger partial charge in [-0.05, 0) is 51.4 Å². The van der Waals surface area contributed by atoms with Crippen LogP contribution in [0.3, 0.4) is 0 Å². The zero-order valence-corrected chi connectivity index (χ0v) is 15.0. The Kier molecular flexibility index (Phi) is 7.38. The molecule has 0 radical (unpaired) electrons. The summed E-state index contributed by atoms with van der Waals surface area (Å²) in [6.07, 6.45) is 10.3. The average Bonchev–Trinajstić information content (AvgIpc) is 2.60. The van der Waals surface area contributed by atoms with Gasteiger partial charge in [0.25, 0.3) is 0 Å². The maximum absolute atomic E-state index is 12.8. The van der Waals surface area contributed by atoms with Gasteiger partial charge in [-0.1, -0.05) is 26.2 Å². The topological polar surface area (TPSA) is 49.4 Å². The lowest BCUT2D eigenvalue weighted by Crippen LogP contribution is -2.47. The number of carbonyl (C=O) groups is 2. The number of hydrogen-bond acceptors (Lipinski definition) is 2. The molecule has 0 bridgehead atoms. The molecule has 0 aromatic carbocycles. The molecule has 1 unspecified atom stereocenters. The van der Waals surface area contributed by atoms with Gasteiger partial charge in [-0.2, -0.15) is 0 Å². The Morgan fingerprint density at radius 3 is 2.43 bits per heavy atom. The number of likely N-dealkylation sites (tertiary alicyclic amines) is 1. The summed E-state index contributed by atoms with van der Waals surface area (Å²) < 4.78 is 0. The Bertz CT molecular complexity index is 389. The number of rotatable bonds is 6. The molecular weight excluding hydrogens is 288 g/mol. The summed E-state index contributed by atoms with van der Waals surface area (Å²) >= 11 is 0. The third-order valence-electron chi connectivity index (χ3n) is 5.62. The van der Waals surface area contributed by atoms with Crippen molar-refractivity contribution in [2.45, 2.75) is 71.6 Å². The van der Waals surface area contributed by atoms with Gasteiger partial charge in [0.15, 0.2) is 0 Å². The first kappa shape index (κ1) is 18.3. The van der Waals surface area contributed by atoms with Crippen LogP contribution in [0.25, 0.3) is 0 Å². The first-order valence-corrected chi connectivity index (χ1v) is 9.72. The molecule has 2 aliphatic rings. The van der Waals surface area contributed by atoms with E-state index in [0.717, 1.165) is 38.1 Å². The van der Waals surface area contributed by atoms with Crippen molar-refractivity contribution in [2.75, 3.05) is 19.6 Å². The van der Waals surface area contributed by atoms with Gasteiger partial charge in [-0.3, -0.25) is 9.59 Å². The van der Waals surface area contributed by atoms with Crippen molar-refractivity contribution in [1.29, 1.82) is 0 Å². The molecular formula is C19H34N2O2. The van der Waals surface area contributed by atoms with Gasteiger partial charge in [-0.15, -0.1) is 0 Å². The molecule has 1 aliphatic carbocycles. The lowest BCUT2D eigenvalue weighted by molar-refractivity contribution is -0.140. The predicted molar refractivity (Wildman–Crippen MR) is 93.0 cm³/mol. The van der Waals surface area contributed by atoms with Crippen LogP contribution in [0.2, 0.25) is 0 Å². The van der Waals surface area contributed by atoms with E-state index < -0.39 is 0 Å². The van der Waals surface area contributed by atoms with Gasteiger partial charge in [-0.25, -0.2) is 0 Å². The molecule has 2 fully saturated rings. The summed E-state index contributed by atoms with van der Waals surface area (Å²) in [5, 5.41) is 2.90. The van der Waals surface area contributed by atoms with Crippen LogP contribution < -0.4 is 5.32 Å². The van der Waals surface area contributed by atoms with Crippen LogP contribution >= 0.6 is 0 Å². The van der Waals surface area contributed by atoms with E-state index in [9.17, 15) is 9.59 Å². The number of unbranched alkanes of at least 4 members (excludes halogenated alkanes) is 1. The molecule has 1 aliphatic heterocycles. The van der Waals surface area contributed by atoms with E-state index in [1.807, 2.05) is 11.8 Å². The second-order valence-electron chi connectivity index (χ2n) is 7.38. The fourth-order valence-electron chi connectivity index (χ4n) is 4.16. The van der Waals surface area contributed by atoms with Gasteiger partial charge < -0.3 is 10.2 Å². The van der Waals surface area contributed by atoms with Crippen molar-refractivity contribution in [3.05, 3.63) is 0 Å². The highest BCUT2D eigenvalue weighted by Crippen LogP contribution is 2.33. The SMILES string of the molecule is CCCCC1CCC(C(=O)N2CCCC(C(=O)NCC)C2)CC1. The Morgan fingerprint density at radius 2 is 1.78 bits per heavy atom. The summed E-state index contributed by atoms with van der Waals surface area (Å²) in [6, 6.07) is 0. The summed E-state index contributed by atoms with van der Waals surface area (Å²) in [4.78, 5) is 26.8. The molecule has 0 spiro atoms. The van der Waals surface area contributed by atoms with Crippen LogP contribution in [-0.4, -0.2) is 36.3 Å². The van der Waals surface area contributed by atoms with E-state index in [4.69, 9.17) is 0 Å². The second kappa shape index (κ2) is 9.29. The monoisotopic (exact) mass is 322 g/mol. The lowest BCUT2D eigenvalue weighted by Gasteiger charge is -2.36. The average molecular weight is 322 g/mol. The molecule has 1 heterocycles. The highest BCUT2D eigenvalue weighted by Gasteiger charge is 2.33. The molecule has 23 heavy (non-hydrogen) atoms. The molecule has 0 aromatic rings. The molecule has 2 amide bonds. The van der Waals surface area contributed by atoms with Crippen LogP contribution in [0.5, 0.6) is 0 Å². The van der Waals surface area contributed by atoms with Gasteiger partial charge in [0.2, 0.25) is 11.8 Å². The smallest absolute Gasteiger partial charge is 0.225 e. The van der Waals surface area contributed by atoms with Crippen molar-refractivity contribution in [1.82, 2.24) is 10.2 Å². The summed E-state index contributed by atoms with van der Waals surface area (Å²) in [6.45, 7) is 6.33. The Morgan fingerprint density at radius 1 is 1.04 bits per heavy atom. The summed E-state index contributed by atoms with van der Waals surface area (Å²) in [5.41, 5.74) is 0. The second-order valence-corrected chi connectivity index (χ2v) is 7.38. The van der Waals surface area contributed by atoms with E-state index in [2.05, 4.69) is 12.2 Å². The number of amides is 2. The largest absolute Gasteiger partial charge is 0.356 e. The van der Waals surface area contributed by atoms with Gasteiger partial charge in [0.1, 0.15) is 0 Å². The molecule has 132 valence electrons. The van der Waals surface area contributed by atoms with Crippen LogP contribution in [0, 0.1) is 17.8 Å². The van der Waals surface area contributed by atoms with Crippen molar-refractivity contribution in [2.24, 2.45) is 17.8 Å². The van der Waals surface area contributed by atoms with Gasteiger partial charge in [0, 0.05) is 25.6 Å². The number of nitrogens with one attached hydrogen (secondary N) is 1. The lowest BCUT2D eigenvalue weighted by atomic mass is 9.79. The van der Waals surface area contributed by atoms with Crippen LogP contribution in [0.1, 0.15) is 71.6 Å². The van der Waals surface area contributed by atoms with Crippen molar-refractivity contribution < 1.29 is 9.59 Å². The molecule has 0 aromatic heterocycles. The number of piperidine rings is 1. The third kappa shape index (κ3) is 5.22. The molecule has 1 N–H and O–H groups in total. The van der Waals surface area contributed by atoms with Gasteiger partial charge in [0.05, 0.1) is 5.92 Å². The maximum Gasteiger partial charge on any atom is 0.225 e. The summed E-state index contributed by atoms with van der Waals surface area (Å²) in [7, 11) is 0. The number of nitrogens with zero attached hydrogens (tertiary/aromatic N) is 1. The van der Waals surface area contributed by atoms with Crippen LogP contribution in [0.4, 0.5) is 0 Å². The van der Waals surface area contributed by atoms with Crippen LogP contribution in [0.15, 0.2) is 0 Å². The molecule has 2 rings (SSSR count). The van der Waals surface area contributed by atoms with Crippen molar-refractivity contribution >= 4 is 11.8 Å². The first-order chi connectivity index (χ1) is 11.2. The Balaban J connectivity index is 1.80. The maximum atomic E-state index is 12.8. The molecule has 1 saturated heterocycles. The third-order valence-corrected chi connectivity index (χ3v) is 5.62. The van der Waals surface area contributed by atoms with Crippen LogP contribution in [-0.2, 0) is 9.59 Å².